The number of benzene rings is 2. The molecular weight excluding hydrogens is 440 g/mol. The zero-order chi connectivity index (χ0) is 23.8. The van der Waals surface area contributed by atoms with E-state index in [0.717, 1.165) is 43.9 Å². The molecule has 1 fully saturated rings. The summed E-state index contributed by atoms with van der Waals surface area (Å²) in [5, 5.41) is 6.08. The van der Waals surface area contributed by atoms with E-state index in [2.05, 4.69) is 34.1 Å². The fraction of sp³-hybridized carbons (Fsp3) is 0.458. The van der Waals surface area contributed by atoms with Crippen LogP contribution in [0.5, 0.6) is 0 Å². The van der Waals surface area contributed by atoms with Gasteiger partial charge in [0.25, 0.3) is 15.9 Å². The van der Waals surface area contributed by atoms with E-state index < -0.39 is 10.0 Å². The van der Waals surface area contributed by atoms with Crippen LogP contribution in [0.2, 0.25) is 0 Å². The maximum absolute atomic E-state index is 13.2. The molecule has 0 aromatic heterocycles. The Morgan fingerprint density at radius 3 is 2.45 bits per heavy atom. The Bertz CT molecular complexity index is 1030. The van der Waals surface area contributed by atoms with Gasteiger partial charge in [0.15, 0.2) is 0 Å². The van der Waals surface area contributed by atoms with Gasteiger partial charge in [0, 0.05) is 45.4 Å². The Hall–Kier alpha value is -2.62. The largest absolute Gasteiger partial charge is 0.383 e. The Labute approximate surface area is 196 Å². The number of nitrogens with zero attached hydrogens (tertiary/aromatic N) is 1. The van der Waals surface area contributed by atoms with Gasteiger partial charge in [-0.2, -0.15) is 0 Å². The van der Waals surface area contributed by atoms with Gasteiger partial charge in [-0.15, -0.1) is 0 Å². The molecule has 2 aromatic rings. The van der Waals surface area contributed by atoms with Crippen molar-refractivity contribution >= 4 is 27.3 Å². The number of hydrogen-bond donors (Lipinski definition) is 3. The molecule has 3 N–H and O–H groups in total. The standard InChI is InChI=1S/C24H34N4O4S/c1-18(2)16-19-4-7-21(8-5-19)33(30,31)27-22-17-20(24(29)26-12-15-32-3)6-9-23(22)28-13-10-25-11-14-28/h4-9,17-18,25,27H,10-16H2,1-3H3,(H,26,29). The third-order valence-corrected chi connectivity index (χ3v) is 6.81. The molecule has 0 unspecified atom stereocenters. The molecule has 3 rings (SSSR count). The van der Waals surface area contributed by atoms with E-state index in [9.17, 15) is 13.2 Å². The highest BCUT2D eigenvalue weighted by molar-refractivity contribution is 7.92. The molecule has 1 saturated heterocycles. The average Bonchev–Trinajstić information content (AvgIpc) is 2.79. The summed E-state index contributed by atoms with van der Waals surface area (Å²) >= 11 is 0. The first kappa shape index (κ1) is 25.0. The quantitative estimate of drug-likeness (QED) is 0.458. The van der Waals surface area contributed by atoms with Gasteiger partial charge in [-0.1, -0.05) is 26.0 Å². The summed E-state index contributed by atoms with van der Waals surface area (Å²) < 4.78 is 34.1. The Morgan fingerprint density at radius 2 is 1.82 bits per heavy atom. The zero-order valence-corrected chi connectivity index (χ0v) is 20.4. The number of ether oxygens (including phenoxy) is 1. The molecule has 180 valence electrons. The monoisotopic (exact) mass is 474 g/mol. The minimum absolute atomic E-state index is 0.191. The third kappa shape index (κ3) is 6.93. The van der Waals surface area contributed by atoms with Crippen LogP contribution in [-0.2, 0) is 21.2 Å². The number of sulfonamides is 1. The lowest BCUT2D eigenvalue weighted by Gasteiger charge is -2.31. The average molecular weight is 475 g/mol. The van der Waals surface area contributed by atoms with E-state index in [0.29, 0.717) is 30.3 Å². The molecular formula is C24H34N4O4S. The lowest BCUT2D eigenvalue weighted by atomic mass is 10.0. The third-order valence-electron chi connectivity index (χ3n) is 5.43. The highest BCUT2D eigenvalue weighted by atomic mass is 32.2. The summed E-state index contributed by atoms with van der Waals surface area (Å²) in [6, 6.07) is 12.1. The van der Waals surface area contributed by atoms with Crippen LogP contribution in [0, 0.1) is 5.92 Å². The van der Waals surface area contributed by atoms with Crippen molar-refractivity contribution in [1.29, 1.82) is 0 Å². The molecule has 0 aliphatic carbocycles. The molecule has 9 heteroatoms. The summed E-state index contributed by atoms with van der Waals surface area (Å²) in [5.41, 5.74) is 2.63. The number of hydrogen-bond acceptors (Lipinski definition) is 6. The van der Waals surface area contributed by atoms with E-state index >= 15 is 0 Å². The van der Waals surface area contributed by atoms with Crippen LogP contribution in [0.25, 0.3) is 0 Å². The number of carbonyl (C=O) groups is 1. The van der Waals surface area contributed by atoms with Crippen molar-refractivity contribution in [3.8, 4) is 0 Å². The van der Waals surface area contributed by atoms with Gasteiger partial charge in [-0.25, -0.2) is 8.42 Å². The van der Waals surface area contributed by atoms with E-state index in [1.807, 2.05) is 12.1 Å². The second kappa shape index (κ2) is 11.5. The number of methoxy groups -OCH3 is 1. The molecule has 2 aromatic carbocycles. The topological polar surface area (TPSA) is 99.8 Å². The maximum atomic E-state index is 13.2. The van der Waals surface area contributed by atoms with E-state index in [1.165, 1.54) is 0 Å². The van der Waals surface area contributed by atoms with Gasteiger partial charge >= 0.3 is 0 Å². The smallest absolute Gasteiger partial charge is 0.261 e. The van der Waals surface area contributed by atoms with Crippen LogP contribution in [0.4, 0.5) is 11.4 Å². The van der Waals surface area contributed by atoms with E-state index in [-0.39, 0.29) is 10.8 Å². The molecule has 0 radical (unpaired) electrons. The predicted molar refractivity (Wildman–Crippen MR) is 132 cm³/mol. The molecule has 1 heterocycles. The van der Waals surface area contributed by atoms with E-state index in [4.69, 9.17) is 4.74 Å². The highest BCUT2D eigenvalue weighted by Gasteiger charge is 2.21. The highest BCUT2D eigenvalue weighted by Crippen LogP contribution is 2.30. The molecule has 8 nitrogen and oxygen atoms in total. The van der Waals surface area contributed by atoms with Gasteiger partial charge < -0.3 is 20.3 Å². The normalized spacial score (nSPS) is 14.4. The molecule has 1 aliphatic heterocycles. The fourth-order valence-corrected chi connectivity index (χ4v) is 4.85. The first-order chi connectivity index (χ1) is 15.8. The maximum Gasteiger partial charge on any atom is 0.261 e. The number of nitrogens with one attached hydrogen (secondary N) is 3. The predicted octanol–water partition coefficient (Wildman–Crippen LogP) is 2.47. The van der Waals surface area contributed by atoms with Crippen molar-refractivity contribution in [2.75, 3.05) is 56.1 Å². The van der Waals surface area contributed by atoms with Gasteiger partial charge in [-0.3, -0.25) is 9.52 Å². The zero-order valence-electron chi connectivity index (χ0n) is 19.6. The van der Waals surface area contributed by atoms with Crippen LogP contribution in [0.3, 0.4) is 0 Å². The molecule has 1 amide bonds. The molecule has 0 atom stereocenters. The van der Waals surface area contributed by atoms with Crippen molar-refractivity contribution in [3.05, 3.63) is 53.6 Å². The van der Waals surface area contributed by atoms with E-state index in [1.54, 1.807) is 37.4 Å². The summed E-state index contributed by atoms with van der Waals surface area (Å²) in [4.78, 5) is 14.9. The van der Waals surface area contributed by atoms with Crippen molar-refractivity contribution in [3.63, 3.8) is 0 Å². The summed E-state index contributed by atoms with van der Waals surface area (Å²) in [7, 11) is -2.26. The Morgan fingerprint density at radius 1 is 1.12 bits per heavy atom. The molecule has 0 bridgehead atoms. The van der Waals surface area contributed by atoms with Crippen LogP contribution in [0.15, 0.2) is 47.4 Å². The molecule has 33 heavy (non-hydrogen) atoms. The number of rotatable bonds is 10. The summed E-state index contributed by atoms with van der Waals surface area (Å²) in [6.07, 6.45) is 0.890. The summed E-state index contributed by atoms with van der Waals surface area (Å²) in [5.74, 6) is 0.211. The number of piperazine rings is 1. The number of anilines is 2. The molecule has 1 aliphatic rings. The second-order valence-corrected chi connectivity index (χ2v) is 10.2. The number of carbonyl (C=O) groups excluding carboxylic acids is 1. The van der Waals surface area contributed by atoms with Gasteiger partial charge in [0.1, 0.15) is 0 Å². The molecule has 0 spiro atoms. The summed E-state index contributed by atoms with van der Waals surface area (Å²) in [6.45, 7) is 8.14. The first-order valence-corrected chi connectivity index (χ1v) is 12.8. The second-order valence-electron chi connectivity index (χ2n) is 8.57. The number of amides is 1. The van der Waals surface area contributed by atoms with Gasteiger partial charge in [-0.05, 0) is 48.2 Å². The van der Waals surface area contributed by atoms with Crippen molar-refractivity contribution in [2.24, 2.45) is 5.92 Å². The van der Waals surface area contributed by atoms with Gasteiger partial charge in [0.2, 0.25) is 0 Å². The van der Waals surface area contributed by atoms with Crippen LogP contribution in [0.1, 0.15) is 29.8 Å². The Balaban J connectivity index is 1.88. The fourth-order valence-electron chi connectivity index (χ4n) is 3.79. The van der Waals surface area contributed by atoms with Crippen LogP contribution >= 0.6 is 0 Å². The van der Waals surface area contributed by atoms with Crippen LogP contribution < -0.4 is 20.3 Å². The first-order valence-electron chi connectivity index (χ1n) is 11.3. The van der Waals surface area contributed by atoms with Crippen molar-refractivity contribution in [1.82, 2.24) is 10.6 Å². The van der Waals surface area contributed by atoms with Crippen molar-refractivity contribution < 1.29 is 17.9 Å². The van der Waals surface area contributed by atoms with Crippen LogP contribution in [-0.4, -0.2) is 60.8 Å². The van der Waals surface area contributed by atoms with Crippen molar-refractivity contribution in [2.45, 2.75) is 25.2 Å². The van der Waals surface area contributed by atoms with Gasteiger partial charge in [0.05, 0.1) is 22.9 Å². The lowest BCUT2D eigenvalue weighted by molar-refractivity contribution is 0.0937. The minimum Gasteiger partial charge on any atom is -0.383 e. The Kier molecular flexibility index (Phi) is 8.71. The SMILES string of the molecule is COCCNC(=O)c1ccc(N2CCNCC2)c(NS(=O)(=O)c2ccc(CC(C)C)cc2)c1. The molecule has 0 saturated carbocycles. The minimum atomic E-state index is -3.83. The lowest BCUT2D eigenvalue weighted by Crippen LogP contribution is -2.43.